The molecule has 0 saturated heterocycles. The lowest BCUT2D eigenvalue weighted by Crippen LogP contribution is -2.30. The number of hydrogen-bond acceptors (Lipinski definition) is 2. The Balaban J connectivity index is 2.04. The molecule has 0 aliphatic carbocycles. The molecule has 1 aromatic heterocycles. The van der Waals surface area contributed by atoms with Crippen LogP contribution in [0.5, 0.6) is 0 Å². The number of rotatable bonds is 6. The van der Waals surface area contributed by atoms with Crippen LogP contribution < -0.4 is 5.32 Å². The maximum Gasteiger partial charge on any atom is 0.0624 e. The van der Waals surface area contributed by atoms with Gasteiger partial charge in [0.25, 0.3) is 0 Å². The third-order valence-corrected chi connectivity index (χ3v) is 3.58. The number of aromatic nitrogens is 2. The molecule has 0 aliphatic rings. The van der Waals surface area contributed by atoms with Crippen LogP contribution in [0.2, 0.25) is 0 Å². The third-order valence-electron chi connectivity index (χ3n) is 3.58. The van der Waals surface area contributed by atoms with Crippen molar-refractivity contribution in [1.29, 1.82) is 0 Å². The molecule has 0 aliphatic heterocycles. The first-order chi connectivity index (χ1) is 9.22. The Hall–Kier alpha value is -1.61. The molecular formula is C16H23N3. The lowest BCUT2D eigenvalue weighted by molar-refractivity contribution is 0.533. The van der Waals surface area contributed by atoms with Crippen molar-refractivity contribution in [3.8, 4) is 0 Å². The summed E-state index contributed by atoms with van der Waals surface area (Å²) in [5, 5.41) is 7.92. The van der Waals surface area contributed by atoms with Crippen LogP contribution in [0.3, 0.4) is 0 Å². The van der Waals surface area contributed by atoms with Crippen molar-refractivity contribution in [2.45, 2.75) is 32.2 Å². The maximum atomic E-state index is 4.51. The molecule has 1 unspecified atom stereocenters. The van der Waals surface area contributed by atoms with E-state index in [-0.39, 0.29) is 0 Å². The highest BCUT2D eigenvalue weighted by molar-refractivity contribution is 5.17. The van der Waals surface area contributed by atoms with E-state index < -0.39 is 0 Å². The zero-order chi connectivity index (χ0) is 13.7. The van der Waals surface area contributed by atoms with Crippen LogP contribution in [-0.4, -0.2) is 22.9 Å². The molecule has 1 atom stereocenters. The van der Waals surface area contributed by atoms with Crippen molar-refractivity contribution in [3.05, 3.63) is 53.3 Å². The van der Waals surface area contributed by atoms with Crippen LogP contribution >= 0.6 is 0 Å². The van der Waals surface area contributed by atoms with Gasteiger partial charge in [-0.2, -0.15) is 5.10 Å². The number of nitrogens with one attached hydrogen (secondary N) is 1. The second kappa shape index (κ2) is 6.53. The molecule has 1 aromatic carbocycles. The summed E-state index contributed by atoms with van der Waals surface area (Å²) < 4.78 is 2.01. The van der Waals surface area contributed by atoms with Gasteiger partial charge in [-0.05, 0) is 31.5 Å². The normalized spacial score (nSPS) is 12.6. The van der Waals surface area contributed by atoms with Crippen molar-refractivity contribution < 1.29 is 0 Å². The zero-order valence-corrected chi connectivity index (χ0v) is 12.1. The zero-order valence-electron chi connectivity index (χ0n) is 12.1. The molecule has 2 aromatic rings. The van der Waals surface area contributed by atoms with Crippen LogP contribution in [0.4, 0.5) is 0 Å². The smallest absolute Gasteiger partial charge is 0.0624 e. The summed E-state index contributed by atoms with van der Waals surface area (Å²) >= 11 is 0. The van der Waals surface area contributed by atoms with Crippen molar-refractivity contribution >= 4 is 0 Å². The minimum atomic E-state index is 0.447. The van der Waals surface area contributed by atoms with Gasteiger partial charge in [0.1, 0.15) is 0 Å². The highest BCUT2D eigenvalue weighted by atomic mass is 15.3. The molecule has 1 heterocycles. The third kappa shape index (κ3) is 3.67. The lowest BCUT2D eigenvalue weighted by Gasteiger charge is -2.16. The van der Waals surface area contributed by atoms with E-state index in [1.54, 1.807) is 0 Å². The molecule has 1 N–H and O–H groups in total. The summed E-state index contributed by atoms with van der Waals surface area (Å²) in [6.45, 7) is 2.14. The number of likely N-dealkylation sites (N-methyl/N-ethyl adjacent to an activating group) is 1. The summed E-state index contributed by atoms with van der Waals surface area (Å²) in [6, 6.07) is 13.3. The van der Waals surface area contributed by atoms with Crippen molar-refractivity contribution in [2.75, 3.05) is 7.05 Å². The molecule has 0 saturated carbocycles. The number of nitrogens with zero attached hydrogens (tertiary/aromatic N) is 2. The average Bonchev–Trinajstić information content (AvgIpc) is 2.80. The highest BCUT2D eigenvalue weighted by Crippen LogP contribution is 2.10. The molecule has 0 radical (unpaired) electrons. The first kappa shape index (κ1) is 13.8. The minimum absolute atomic E-state index is 0.447. The monoisotopic (exact) mass is 257 g/mol. The summed E-state index contributed by atoms with van der Waals surface area (Å²) in [6.07, 6.45) is 3.05. The topological polar surface area (TPSA) is 29.9 Å². The molecule has 3 heteroatoms. The Labute approximate surface area is 115 Å². The van der Waals surface area contributed by atoms with Crippen molar-refractivity contribution in [1.82, 2.24) is 15.1 Å². The van der Waals surface area contributed by atoms with Crippen LogP contribution in [0.1, 0.15) is 23.9 Å². The minimum Gasteiger partial charge on any atom is -0.316 e. The largest absolute Gasteiger partial charge is 0.316 e. The van der Waals surface area contributed by atoms with E-state index in [2.05, 4.69) is 53.7 Å². The predicted molar refractivity (Wildman–Crippen MR) is 79.3 cm³/mol. The fourth-order valence-electron chi connectivity index (χ4n) is 2.36. The Morgan fingerprint density at radius 2 is 1.95 bits per heavy atom. The molecule has 0 spiro atoms. The molecule has 19 heavy (non-hydrogen) atoms. The predicted octanol–water partition coefficient (Wildman–Crippen LogP) is 2.36. The van der Waals surface area contributed by atoms with Gasteiger partial charge < -0.3 is 5.32 Å². The van der Waals surface area contributed by atoms with E-state index in [1.165, 1.54) is 17.0 Å². The number of aryl methyl sites for hydroxylation is 2. The summed E-state index contributed by atoms with van der Waals surface area (Å²) in [5.41, 5.74) is 3.85. The van der Waals surface area contributed by atoms with E-state index in [9.17, 15) is 0 Å². The van der Waals surface area contributed by atoms with E-state index in [0.717, 1.165) is 19.3 Å². The Bertz CT molecular complexity index is 502. The second-order valence-corrected chi connectivity index (χ2v) is 4.98. The molecule has 0 fully saturated rings. The molecule has 0 bridgehead atoms. The SMILES string of the molecule is CCc1cc(CC(Cc2ccccc2)NC)n(C)n1. The van der Waals surface area contributed by atoms with Crippen molar-refractivity contribution in [3.63, 3.8) is 0 Å². The summed E-state index contributed by atoms with van der Waals surface area (Å²) in [5.74, 6) is 0. The van der Waals surface area contributed by atoms with Gasteiger partial charge in [0, 0.05) is 25.2 Å². The molecule has 102 valence electrons. The van der Waals surface area contributed by atoms with E-state index in [4.69, 9.17) is 0 Å². The van der Waals surface area contributed by atoms with Gasteiger partial charge >= 0.3 is 0 Å². The maximum absolute atomic E-state index is 4.51. The fourth-order valence-corrected chi connectivity index (χ4v) is 2.36. The Morgan fingerprint density at radius 1 is 1.21 bits per heavy atom. The van der Waals surface area contributed by atoms with E-state index in [1.807, 2.05) is 18.8 Å². The molecule has 3 nitrogen and oxygen atoms in total. The molecule has 0 amide bonds. The van der Waals surface area contributed by atoms with Crippen LogP contribution in [-0.2, 0) is 26.3 Å². The Morgan fingerprint density at radius 3 is 2.53 bits per heavy atom. The van der Waals surface area contributed by atoms with Crippen LogP contribution in [0, 0.1) is 0 Å². The first-order valence-electron chi connectivity index (χ1n) is 6.96. The van der Waals surface area contributed by atoms with Crippen LogP contribution in [0.25, 0.3) is 0 Å². The number of hydrogen-bond donors (Lipinski definition) is 1. The quantitative estimate of drug-likeness (QED) is 0.861. The van der Waals surface area contributed by atoms with Gasteiger partial charge in [-0.25, -0.2) is 0 Å². The average molecular weight is 257 g/mol. The molecule has 2 rings (SSSR count). The van der Waals surface area contributed by atoms with E-state index >= 15 is 0 Å². The second-order valence-electron chi connectivity index (χ2n) is 4.98. The van der Waals surface area contributed by atoms with E-state index in [0.29, 0.717) is 6.04 Å². The van der Waals surface area contributed by atoms with Gasteiger partial charge in [0.15, 0.2) is 0 Å². The molecular weight excluding hydrogens is 234 g/mol. The van der Waals surface area contributed by atoms with Gasteiger partial charge in [0.05, 0.1) is 5.69 Å². The lowest BCUT2D eigenvalue weighted by atomic mass is 10.0. The van der Waals surface area contributed by atoms with Gasteiger partial charge in [-0.3, -0.25) is 4.68 Å². The summed E-state index contributed by atoms with van der Waals surface area (Å²) in [4.78, 5) is 0. The van der Waals surface area contributed by atoms with Gasteiger partial charge in [-0.1, -0.05) is 37.3 Å². The highest BCUT2D eigenvalue weighted by Gasteiger charge is 2.12. The fraction of sp³-hybridized carbons (Fsp3) is 0.438. The van der Waals surface area contributed by atoms with Crippen LogP contribution in [0.15, 0.2) is 36.4 Å². The Kier molecular flexibility index (Phi) is 4.74. The van der Waals surface area contributed by atoms with Gasteiger partial charge in [-0.15, -0.1) is 0 Å². The number of benzene rings is 1. The van der Waals surface area contributed by atoms with Crippen molar-refractivity contribution in [2.24, 2.45) is 7.05 Å². The van der Waals surface area contributed by atoms with Gasteiger partial charge in [0.2, 0.25) is 0 Å². The standard InChI is InChI=1S/C16H23N3/c1-4-14-11-16(19(3)18-14)12-15(17-2)10-13-8-6-5-7-9-13/h5-9,11,15,17H,4,10,12H2,1-3H3. The summed E-state index contributed by atoms with van der Waals surface area (Å²) in [7, 11) is 4.06. The first-order valence-corrected chi connectivity index (χ1v) is 6.96.